The normalized spacial score (nSPS) is 9.80. The van der Waals surface area contributed by atoms with Crippen LogP contribution >= 0.6 is 0 Å². The number of hydrogen-bond acceptors (Lipinski definition) is 3. The van der Waals surface area contributed by atoms with E-state index < -0.39 is 12.5 Å². The Morgan fingerprint density at radius 3 is 2.80 bits per heavy atom. The highest BCUT2D eigenvalue weighted by atomic mass is 16.5. The van der Waals surface area contributed by atoms with Crippen LogP contribution in [0.4, 0.5) is 5.69 Å². The first-order valence-electron chi connectivity index (χ1n) is 4.81. The Kier molecular flexibility index (Phi) is 4.12. The molecule has 4 nitrogen and oxygen atoms in total. The van der Waals surface area contributed by atoms with Gasteiger partial charge in [-0.25, -0.2) is 0 Å². The summed E-state index contributed by atoms with van der Waals surface area (Å²) in [6, 6.07) is 5.34. The minimum atomic E-state index is -0.508. The zero-order valence-corrected chi connectivity index (χ0v) is 8.91. The lowest BCUT2D eigenvalue weighted by atomic mass is 10.2. The predicted molar refractivity (Wildman–Crippen MR) is 58.1 cm³/mol. The van der Waals surface area contributed by atoms with Crippen LogP contribution in [0.25, 0.3) is 0 Å². The first-order chi connectivity index (χ1) is 7.17. The summed E-state index contributed by atoms with van der Waals surface area (Å²) in [5, 5.41) is 11.1. The van der Waals surface area contributed by atoms with Crippen LogP contribution in [0.5, 0.6) is 5.75 Å². The molecule has 0 unspecified atom stereocenters. The van der Waals surface area contributed by atoms with Crippen molar-refractivity contribution < 1.29 is 14.6 Å². The van der Waals surface area contributed by atoms with Gasteiger partial charge in [0.15, 0.2) is 0 Å². The van der Waals surface area contributed by atoms with Crippen LogP contribution in [0.3, 0.4) is 0 Å². The van der Waals surface area contributed by atoms with E-state index in [1.54, 1.807) is 18.2 Å². The SMILES string of the molecule is CCOc1ccc(NC(=O)CO)cc1C. The minimum Gasteiger partial charge on any atom is -0.494 e. The molecule has 0 aliphatic carbocycles. The summed E-state index contributed by atoms with van der Waals surface area (Å²) in [6.45, 7) is 3.93. The van der Waals surface area contributed by atoms with Crippen molar-refractivity contribution in [1.29, 1.82) is 0 Å². The molecule has 0 aliphatic rings. The quantitative estimate of drug-likeness (QED) is 0.786. The van der Waals surface area contributed by atoms with E-state index in [0.29, 0.717) is 12.3 Å². The fraction of sp³-hybridized carbons (Fsp3) is 0.364. The molecule has 1 amide bonds. The molecule has 1 aromatic rings. The predicted octanol–water partition coefficient (Wildman–Crippen LogP) is 1.32. The van der Waals surface area contributed by atoms with Crippen LogP contribution in [0.15, 0.2) is 18.2 Å². The lowest BCUT2D eigenvalue weighted by Crippen LogP contribution is -2.15. The molecule has 0 heterocycles. The maximum Gasteiger partial charge on any atom is 0.250 e. The summed E-state index contributed by atoms with van der Waals surface area (Å²) in [5.74, 6) is 0.387. The summed E-state index contributed by atoms with van der Waals surface area (Å²) in [7, 11) is 0. The van der Waals surface area contributed by atoms with E-state index in [2.05, 4.69) is 5.32 Å². The number of benzene rings is 1. The highest BCUT2D eigenvalue weighted by molar-refractivity contribution is 5.91. The molecular weight excluding hydrogens is 194 g/mol. The lowest BCUT2D eigenvalue weighted by Gasteiger charge is -2.09. The van der Waals surface area contributed by atoms with Crippen molar-refractivity contribution in [2.24, 2.45) is 0 Å². The third kappa shape index (κ3) is 3.25. The summed E-state index contributed by atoms with van der Waals surface area (Å²) in [4.78, 5) is 10.9. The zero-order valence-electron chi connectivity index (χ0n) is 8.91. The zero-order chi connectivity index (χ0) is 11.3. The Morgan fingerprint density at radius 2 is 2.27 bits per heavy atom. The topological polar surface area (TPSA) is 58.6 Å². The molecule has 0 spiro atoms. The number of aliphatic hydroxyl groups excluding tert-OH is 1. The second-order valence-corrected chi connectivity index (χ2v) is 3.12. The van der Waals surface area contributed by atoms with Crippen molar-refractivity contribution in [3.05, 3.63) is 23.8 Å². The van der Waals surface area contributed by atoms with Gasteiger partial charge in [-0.1, -0.05) is 0 Å². The van der Waals surface area contributed by atoms with Crippen molar-refractivity contribution in [2.45, 2.75) is 13.8 Å². The molecule has 15 heavy (non-hydrogen) atoms. The van der Waals surface area contributed by atoms with Crippen LogP contribution in [0.1, 0.15) is 12.5 Å². The number of anilines is 1. The molecule has 1 aromatic carbocycles. The van der Waals surface area contributed by atoms with Gasteiger partial charge in [0.05, 0.1) is 6.61 Å². The van der Waals surface area contributed by atoms with E-state index in [4.69, 9.17) is 9.84 Å². The van der Waals surface area contributed by atoms with Crippen molar-refractivity contribution in [2.75, 3.05) is 18.5 Å². The third-order valence-corrected chi connectivity index (χ3v) is 1.90. The van der Waals surface area contributed by atoms with Gasteiger partial charge < -0.3 is 15.2 Å². The molecule has 0 aliphatic heterocycles. The summed E-state index contributed by atoms with van der Waals surface area (Å²) < 4.78 is 5.36. The second-order valence-electron chi connectivity index (χ2n) is 3.12. The lowest BCUT2D eigenvalue weighted by molar-refractivity contribution is -0.118. The van der Waals surface area contributed by atoms with Crippen LogP contribution < -0.4 is 10.1 Å². The first kappa shape index (κ1) is 11.5. The average molecular weight is 209 g/mol. The van der Waals surface area contributed by atoms with Gasteiger partial charge >= 0.3 is 0 Å². The van der Waals surface area contributed by atoms with E-state index in [0.717, 1.165) is 11.3 Å². The van der Waals surface area contributed by atoms with Gasteiger partial charge in [0.2, 0.25) is 5.91 Å². The number of nitrogens with one attached hydrogen (secondary N) is 1. The van der Waals surface area contributed by atoms with Crippen molar-refractivity contribution in [3.63, 3.8) is 0 Å². The average Bonchev–Trinajstić information content (AvgIpc) is 2.22. The van der Waals surface area contributed by atoms with Crippen molar-refractivity contribution >= 4 is 11.6 Å². The third-order valence-electron chi connectivity index (χ3n) is 1.90. The standard InChI is InChI=1S/C11H15NO3/c1-3-15-10-5-4-9(6-8(10)2)12-11(14)7-13/h4-6,13H,3,7H2,1-2H3,(H,12,14). The van der Waals surface area contributed by atoms with Gasteiger partial charge in [0, 0.05) is 5.69 Å². The molecule has 0 saturated carbocycles. The summed E-state index contributed by atoms with van der Waals surface area (Å²) in [6.07, 6.45) is 0. The number of rotatable bonds is 4. The molecule has 4 heteroatoms. The smallest absolute Gasteiger partial charge is 0.250 e. The summed E-state index contributed by atoms with van der Waals surface area (Å²) in [5.41, 5.74) is 1.61. The molecule has 0 bridgehead atoms. The highest BCUT2D eigenvalue weighted by Gasteiger charge is 2.03. The van der Waals surface area contributed by atoms with E-state index in [9.17, 15) is 4.79 Å². The largest absolute Gasteiger partial charge is 0.494 e. The molecule has 0 fully saturated rings. The Labute approximate surface area is 88.9 Å². The number of aryl methyl sites for hydroxylation is 1. The van der Waals surface area contributed by atoms with Gasteiger partial charge in [-0.2, -0.15) is 0 Å². The van der Waals surface area contributed by atoms with E-state index in [-0.39, 0.29) is 0 Å². The number of carbonyl (C=O) groups excluding carboxylic acids is 1. The van der Waals surface area contributed by atoms with Crippen LogP contribution in [0, 0.1) is 6.92 Å². The number of hydrogen-bond donors (Lipinski definition) is 2. The first-order valence-corrected chi connectivity index (χ1v) is 4.81. The fourth-order valence-corrected chi connectivity index (χ4v) is 1.25. The Bertz CT molecular complexity index is 350. The highest BCUT2D eigenvalue weighted by Crippen LogP contribution is 2.21. The molecule has 2 N–H and O–H groups in total. The maximum absolute atomic E-state index is 10.9. The maximum atomic E-state index is 10.9. The van der Waals surface area contributed by atoms with Gasteiger partial charge in [0.25, 0.3) is 0 Å². The second kappa shape index (κ2) is 5.36. The Balaban J connectivity index is 2.77. The van der Waals surface area contributed by atoms with Crippen LogP contribution in [-0.2, 0) is 4.79 Å². The van der Waals surface area contributed by atoms with Gasteiger partial charge in [-0.3, -0.25) is 4.79 Å². The molecule has 0 radical (unpaired) electrons. The van der Waals surface area contributed by atoms with Gasteiger partial charge in [0.1, 0.15) is 12.4 Å². The molecular formula is C11H15NO3. The Morgan fingerprint density at radius 1 is 1.53 bits per heavy atom. The van der Waals surface area contributed by atoms with Gasteiger partial charge in [-0.05, 0) is 37.6 Å². The number of aliphatic hydroxyl groups is 1. The van der Waals surface area contributed by atoms with Crippen LogP contribution in [-0.4, -0.2) is 24.2 Å². The summed E-state index contributed by atoms with van der Waals surface area (Å²) >= 11 is 0. The minimum absolute atomic E-state index is 0.418. The number of carbonyl (C=O) groups is 1. The number of amides is 1. The van der Waals surface area contributed by atoms with Crippen LogP contribution in [0.2, 0.25) is 0 Å². The van der Waals surface area contributed by atoms with E-state index in [1.165, 1.54) is 0 Å². The molecule has 0 atom stereocenters. The Hall–Kier alpha value is -1.55. The number of ether oxygens (including phenoxy) is 1. The fourth-order valence-electron chi connectivity index (χ4n) is 1.25. The molecule has 82 valence electrons. The van der Waals surface area contributed by atoms with Gasteiger partial charge in [-0.15, -0.1) is 0 Å². The molecule has 0 saturated heterocycles. The van der Waals surface area contributed by atoms with Crippen molar-refractivity contribution in [1.82, 2.24) is 0 Å². The van der Waals surface area contributed by atoms with Crippen molar-refractivity contribution in [3.8, 4) is 5.75 Å². The monoisotopic (exact) mass is 209 g/mol. The molecule has 1 rings (SSSR count). The van der Waals surface area contributed by atoms with E-state index in [1.807, 2.05) is 13.8 Å². The van der Waals surface area contributed by atoms with E-state index >= 15 is 0 Å². The molecule has 0 aromatic heterocycles.